The molecule has 128 valence electrons. The van der Waals surface area contributed by atoms with Crippen molar-refractivity contribution in [3.05, 3.63) is 29.5 Å². The zero-order chi connectivity index (χ0) is 17.1. The van der Waals surface area contributed by atoms with Gasteiger partial charge in [0.15, 0.2) is 5.82 Å². The normalized spacial score (nSPS) is 17.8. The minimum absolute atomic E-state index is 0.0302. The fourth-order valence-corrected chi connectivity index (χ4v) is 2.62. The highest BCUT2D eigenvalue weighted by Gasteiger charge is 2.29. The Balaban J connectivity index is 1.73. The maximum atomic E-state index is 12.5. The lowest BCUT2D eigenvalue weighted by molar-refractivity contribution is -0.138. The molecule has 9 nitrogen and oxygen atoms in total. The average molecular weight is 332 g/mol. The minimum atomic E-state index is -0.301. The van der Waals surface area contributed by atoms with E-state index in [2.05, 4.69) is 24.9 Å². The fourth-order valence-electron chi connectivity index (χ4n) is 2.62. The molecule has 0 radical (unpaired) electrons. The molecule has 2 aromatic heterocycles. The maximum absolute atomic E-state index is 12.5. The topological polar surface area (TPSA) is 97.5 Å². The highest BCUT2D eigenvalue weighted by Crippen LogP contribution is 2.26. The van der Waals surface area contributed by atoms with E-state index in [1.165, 1.54) is 0 Å². The van der Waals surface area contributed by atoms with Gasteiger partial charge in [0.1, 0.15) is 23.2 Å². The molecule has 3 rings (SSSR count). The van der Waals surface area contributed by atoms with Crippen molar-refractivity contribution in [2.75, 3.05) is 38.7 Å². The third-order valence-electron chi connectivity index (χ3n) is 3.92. The number of hydrogen-bond donors (Lipinski definition) is 0. The highest BCUT2D eigenvalue weighted by molar-refractivity contribution is 5.78. The summed E-state index contributed by atoms with van der Waals surface area (Å²) in [5, 5.41) is 7.47. The molecule has 24 heavy (non-hydrogen) atoms. The van der Waals surface area contributed by atoms with Crippen molar-refractivity contribution in [3.8, 4) is 0 Å². The molecule has 3 heterocycles. The van der Waals surface area contributed by atoms with E-state index in [-0.39, 0.29) is 18.4 Å². The van der Waals surface area contributed by atoms with Crippen LogP contribution in [0.4, 0.5) is 5.82 Å². The molecular weight excluding hydrogens is 312 g/mol. The average Bonchev–Trinajstić information content (AvgIpc) is 3.00. The highest BCUT2D eigenvalue weighted by atomic mass is 16.6. The van der Waals surface area contributed by atoms with Crippen LogP contribution in [0.25, 0.3) is 0 Å². The zero-order valence-electron chi connectivity index (χ0n) is 14.0. The van der Waals surface area contributed by atoms with Gasteiger partial charge < -0.3 is 14.5 Å². The van der Waals surface area contributed by atoms with E-state index in [1.807, 2.05) is 19.0 Å². The number of ether oxygens (including phenoxy) is 1. The second-order valence-corrected chi connectivity index (χ2v) is 5.83. The van der Waals surface area contributed by atoms with Gasteiger partial charge in [0, 0.05) is 33.0 Å². The molecule has 1 atom stereocenters. The van der Waals surface area contributed by atoms with E-state index in [1.54, 1.807) is 24.2 Å². The van der Waals surface area contributed by atoms with E-state index in [0.29, 0.717) is 31.1 Å². The Morgan fingerprint density at radius 2 is 2.12 bits per heavy atom. The van der Waals surface area contributed by atoms with E-state index < -0.39 is 0 Å². The monoisotopic (exact) mass is 332 g/mol. The third-order valence-corrected chi connectivity index (χ3v) is 3.92. The van der Waals surface area contributed by atoms with Gasteiger partial charge in [0.25, 0.3) is 0 Å². The third kappa shape index (κ3) is 3.35. The number of carbonyl (C=O) groups is 1. The minimum Gasteiger partial charge on any atom is -0.368 e. The first-order chi connectivity index (χ1) is 11.6. The molecular formula is C15H20N6O3. The summed E-state index contributed by atoms with van der Waals surface area (Å²) in [6.07, 6.45) is 3.15. The van der Waals surface area contributed by atoms with Crippen molar-refractivity contribution in [3.63, 3.8) is 0 Å². The summed E-state index contributed by atoms with van der Waals surface area (Å²) >= 11 is 0. The van der Waals surface area contributed by atoms with Gasteiger partial charge >= 0.3 is 0 Å². The number of rotatable bonds is 4. The van der Waals surface area contributed by atoms with Crippen LogP contribution in [0.3, 0.4) is 0 Å². The van der Waals surface area contributed by atoms with Crippen molar-refractivity contribution < 1.29 is 14.2 Å². The molecule has 0 unspecified atom stereocenters. The molecule has 1 saturated heterocycles. The summed E-state index contributed by atoms with van der Waals surface area (Å²) in [6, 6.07) is 0. The number of aromatic nitrogens is 4. The Morgan fingerprint density at radius 3 is 2.83 bits per heavy atom. The first-order valence-electron chi connectivity index (χ1n) is 7.72. The molecule has 1 fully saturated rings. The standard InChI is InChI=1S/C15H20N6O3/c1-10-11(19-24-18-10)8-13(22)21-6-7-23-12(9-21)14-15(20(2)3)17-5-4-16-14/h4-5,12H,6-9H2,1-3H3/t12-/m0/s1. The van der Waals surface area contributed by atoms with Crippen LogP contribution in [0.1, 0.15) is 23.2 Å². The zero-order valence-corrected chi connectivity index (χ0v) is 14.0. The van der Waals surface area contributed by atoms with Crippen LogP contribution in [0.5, 0.6) is 0 Å². The van der Waals surface area contributed by atoms with Crippen LogP contribution in [-0.4, -0.2) is 64.9 Å². The Hall–Kier alpha value is -2.55. The number of carbonyl (C=O) groups excluding carboxylic acids is 1. The predicted octanol–water partition coefficient (Wildman–Crippen LogP) is 0.377. The van der Waals surface area contributed by atoms with Gasteiger partial charge in [-0.15, -0.1) is 0 Å². The summed E-state index contributed by atoms with van der Waals surface area (Å²) in [5.41, 5.74) is 1.94. The van der Waals surface area contributed by atoms with Gasteiger partial charge in [-0.2, -0.15) is 0 Å². The summed E-state index contributed by atoms with van der Waals surface area (Å²) in [4.78, 5) is 24.9. The number of aryl methyl sites for hydroxylation is 1. The van der Waals surface area contributed by atoms with E-state index >= 15 is 0 Å². The molecule has 0 saturated carbocycles. The van der Waals surface area contributed by atoms with E-state index in [0.717, 1.165) is 11.5 Å². The summed E-state index contributed by atoms with van der Waals surface area (Å²) < 4.78 is 10.5. The lowest BCUT2D eigenvalue weighted by Crippen LogP contribution is -2.43. The molecule has 0 spiro atoms. The van der Waals surface area contributed by atoms with Gasteiger partial charge in [-0.25, -0.2) is 9.61 Å². The number of morpholine rings is 1. The molecule has 1 aliphatic heterocycles. The van der Waals surface area contributed by atoms with Crippen molar-refractivity contribution in [1.82, 2.24) is 25.2 Å². The number of amides is 1. The van der Waals surface area contributed by atoms with Crippen LogP contribution in [0.15, 0.2) is 17.0 Å². The van der Waals surface area contributed by atoms with Crippen LogP contribution < -0.4 is 4.90 Å². The lowest BCUT2D eigenvalue weighted by atomic mass is 10.1. The van der Waals surface area contributed by atoms with Crippen molar-refractivity contribution in [2.24, 2.45) is 0 Å². The summed E-state index contributed by atoms with van der Waals surface area (Å²) in [5.74, 6) is 0.714. The Bertz CT molecular complexity index is 717. The number of anilines is 1. The molecule has 2 aromatic rings. The summed E-state index contributed by atoms with van der Waals surface area (Å²) in [7, 11) is 3.80. The summed E-state index contributed by atoms with van der Waals surface area (Å²) in [6.45, 7) is 3.19. The number of nitrogens with zero attached hydrogens (tertiary/aromatic N) is 6. The van der Waals surface area contributed by atoms with Gasteiger partial charge in [-0.05, 0) is 6.92 Å². The largest absolute Gasteiger partial charge is 0.368 e. The Labute approximate surface area is 139 Å². The van der Waals surface area contributed by atoms with Crippen LogP contribution in [0.2, 0.25) is 0 Å². The van der Waals surface area contributed by atoms with Crippen molar-refractivity contribution in [1.29, 1.82) is 0 Å². The molecule has 0 aliphatic carbocycles. The van der Waals surface area contributed by atoms with Crippen LogP contribution in [0, 0.1) is 6.92 Å². The molecule has 0 N–H and O–H groups in total. The molecule has 1 aliphatic rings. The van der Waals surface area contributed by atoms with Crippen LogP contribution >= 0.6 is 0 Å². The van der Waals surface area contributed by atoms with Gasteiger partial charge in [0.05, 0.1) is 19.6 Å². The maximum Gasteiger partial charge on any atom is 0.228 e. The first kappa shape index (κ1) is 16.3. The van der Waals surface area contributed by atoms with Crippen molar-refractivity contribution in [2.45, 2.75) is 19.4 Å². The van der Waals surface area contributed by atoms with Crippen molar-refractivity contribution >= 4 is 11.7 Å². The SMILES string of the molecule is Cc1nonc1CC(=O)N1CCO[C@H](c2nccnc2N(C)C)C1. The second-order valence-electron chi connectivity index (χ2n) is 5.83. The van der Waals surface area contributed by atoms with Gasteiger partial charge in [-0.1, -0.05) is 10.3 Å². The molecule has 0 bridgehead atoms. The van der Waals surface area contributed by atoms with E-state index in [9.17, 15) is 4.79 Å². The molecule has 0 aromatic carbocycles. The molecule has 1 amide bonds. The predicted molar refractivity (Wildman–Crippen MR) is 84.4 cm³/mol. The smallest absolute Gasteiger partial charge is 0.228 e. The van der Waals surface area contributed by atoms with E-state index in [4.69, 9.17) is 4.74 Å². The Morgan fingerprint density at radius 1 is 1.33 bits per heavy atom. The van der Waals surface area contributed by atoms with Crippen LogP contribution in [-0.2, 0) is 16.0 Å². The quantitative estimate of drug-likeness (QED) is 0.792. The second kappa shape index (κ2) is 6.91. The lowest BCUT2D eigenvalue weighted by Gasteiger charge is -2.33. The number of hydrogen-bond acceptors (Lipinski definition) is 8. The molecule has 9 heteroatoms. The van der Waals surface area contributed by atoms with Gasteiger partial charge in [-0.3, -0.25) is 9.78 Å². The fraction of sp³-hybridized carbons (Fsp3) is 0.533. The first-order valence-corrected chi connectivity index (χ1v) is 7.72. The Kier molecular flexibility index (Phi) is 4.70. The van der Waals surface area contributed by atoms with Gasteiger partial charge in [0.2, 0.25) is 5.91 Å².